The Morgan fingerprint density at radius 3 is 2.47 bits per heavy atom. The second-order valence-electron chi connectivity index (χ2n) is 4.58. The fraction of sp³-hybridized carbons (Fsp3) is 1.00. The van der Waals surface area contributed by atoms with Gasteiger partial charge in [-0.2, -0.15) is 0 Å². The van der Waals surface area contributed by atoms with Gasteiger partial charge in [-0.3, -0.25) is 0 Å². The smallest absolute Gasteiger partial charge is 0.263 e. The Morgan fingerprint density at radius 1 is 1.20 bits per heavy atom. The van der Waals surface area contributed by atoms with E-state index in [-0.39, 0.29) is 18.4 Å². The van der Waals surface area contributed by atoms with E-state index in [9.17, 15) is 8.78 Å². The van der Waals surface area contributed by atoms with Crippen molar-refractivity contribution in [1.82, 2.24) is 8.43 Å². The van der Waals surface area contributed by atoms with Gasteiger partial charge in [0.15, 0.2) is 0 Å². The van der Waals surface area contributed by atoms with Gasteiger partial charge in [0, 0.05) is 41.9 Å². The second-order valence-corrected chi connectivity index (χ2v) is 5.94. The third-order valence-electron chi connectivity index (χ3n) is 3.59. The van der Waals surface area contributed by atoms with Crippen LogP contribution in [0.3, 0.4) is 0 Å². The van der Waals surface area contributed by atoms with Gasteiger partial charge < -0.3 is 5.32 Å². The highest BCUT2D eigenvalue weighted by Gasteiger charge is 2.45. The predicted octanol–water partition coefficient (Wildman–Crippen LogP) is 2.29. The fourth-order valence-electron chi connectivity index (χ4n) is 2.71. The SMILES string of the molecule is FC1(F)CNCCC1C1CCN(I)CC1. The standard InChI is InChI=1S/C10H17F2IN2/c11-10(12)7-14-4-1-9(10)8-2-5-15(13)6-3-8/h8-9,14H,1-7H2. The Morgan fingerprint density at radius 2 is 1.87 bits per heavy atom. The van der Waals surface area contributed by atoms with Crippen molar-refractivity contribution >= 4 is 22.9 Å². The number of hydrogen-bond donors (Lipinski definition) is 1. The Balaban J connectivity index is 1.96. The molecule has 0 radical (unpaired) electrons. The Kier molecular flexibility index (Phi) is 3.83. The minimum Gasteiger partial charge on any atom is -0.311 e. The lowest BCUT2D eigenvalue weighted by Gasteiger charge is -2.40. The number of piperidine rings is 2. The van der Waals surface area contributed by atoms with Crippen molar-refractivity contribution in [3.8, 4) is 0 Å². The van der Waals surface area contributed by atoms with Crippen LogP contribution < -0.4 is 5.32 Å². The van der Waals surface area contributed by atoms with Crippen molar-refractivity contribution in [2.75, 3.05) is 26.2 Å². The number of nitrogens with zero attached hydrogens (tertiary/aromatic N) is 1. The van der Waals surface area contributed by atoms with Gasteiger partial charge in [0.25, 0.3) is 5.92 Å². The van der Waals surface area contributed by atoms with Crippen LogP contribution in [0.15, 0.2) is 0 Å². The van der Waals surface area contributed by atoms with E-state index in [2.05, 4.69) is 31.3 Å². The Hall–Kier alpha value is 0.510. The summed E-state index contributed by atoms with van der Waals surface area (Å²) >= 11 is 2.28. The number of halogens is 3. The van der Waals surface area contributed by atoms with Crippen LogP contribution in [0.4, 0.5) is 8.78 Å². The summed E-state index contributed by atoms with van der Waals surface area (Å²) < 4.78 is 29.5. The third kappa shape index (κ3) is 2.79. The molecular formula is C10H17F2IN2. The van der Waals surface area contributed by atoms with Crippen LogP contribution in [-0.4, -0.2) is 35.2 Å². The van der Waals surface area contributed by atoms with Gasteiger partial charge in [0.05, 0.1) is 6.54 Å². The molecule has 2 rings (SSSR count). The summed E-state index contributed by atoms with van der Waals surface area (Å²) in [6.07, 6.45) is 2.51. The summed E-state index contributed by atoms with van der Waals surface area (Å²) in [6, 6.07) is 0. The largest absolute Gasteiger partial charge is 0.311 e. The Labute approximate surface area is 103 Å². The van der Waals surface area contributed by atoms with E-state index in [1.165, 1.54) is 0 Å². The highest BCUT2D eigenvalue weighted by molar-refractivity contribution is 14.1. The van der Waals surface area contributed by atoms with Crippen LogP contribution in [-0.2, 0) is 0 Å². The van der Waals surface area contributed by atoms with Gasteiger partial charge in [-0.15, -0.1) is 0 Å². The van der Waals surface area contributed by atoms with Gasteiger partial charge in [-0.05, 0) is 31.7 Å². The highest BCUT2D eigenvalue weighted by Crippen LogP contribution is 2.39. The minimum absolute atomic E-state index is 0.123. The molecule has 0 aromatic rings. The van der Waals surface area contributed by atoms with Crippen LogP contribution >= 0.6 is 22.9 Å². The number of rotatable bonds is 1. The van der Waals surface area contributed by atoms with E-state index >= 15 is 0 Å². The summed E-state index contributed by atoms with van der Waals surface area (Å²) in [6.45, 7) is 2.56. The molecule has 88 valence electrons. The van der Waals surface area contributed by atoms with Crippen LogP contribution in [0.1, 0.15) is 19.3 Å². The third-order valence-corrected chi connectivity index (χ3v) is 4.55. The van der Waals surface area contributed by atoms with Crippen molar-refractivity contribution in [2.45, 2.75) is 25.2 Å². The molecule has 2 aliphatic heterocycles. The number of hydrogen-bond acceptors (Lipinski definition) is 2. The quantitative estimate of drug-likeness (QED) is 0.586. The predicted molar refractivity (Wildman–Crippen MR) is 64.2 cm³/mol. The highest BCUT2D eigenvalue weighted by atomic mass is 127. The molecular weight excluding hydrogens is 313 g/mol. The molecule has 0 amide bonds. The van der Waals surface area contributed by atoms with Crippen LogP contribution in [0.5, 0.6) is 0 Å². The second kappa shape index (κ2) is 4.79. The molecule has 0 aromatic heterocycles. The first-order valence-corrected chi connectivity index (χ1v) is 6.55. The van der Waals surface area contributed by atoms with Crippen molar-refractivity contribution in [3.63, 3.8) is 0 Å². The van der Waals surface area contributed by atoms with E-state index in [1.807, 2.05) is 0 Å². The van der Waals surface area contributed by atoms with Crippen molar-refractivity contribution in [1.29, 1.82) is 0 Å². The fourth-order valence-corrected chi connectivity index (χ4v) is 3.26. The average molecular weight is 330 g/mol. The zero-order chi connectivity index (χ0) is 10.9. The summed E-state index contributed by atoms with van der Waals surface area (Å²) in [5.74, 6) is -2.65. The van der Waals surface area contributed by atoms with Gasteiger partial charge in [-0.1, -0.05) is 0 Å². The first-order chi connectivity index (χ1) is 7.09. The van der Waals surface area contributed by atoms with E-state index in [0.717, 1.165) is 32.5 Å². The van der Waals surface area contributed by atoms with E-state index < -0.39 is 5.92 Å². The van der Waals surface area contributed by atoms with Gasteiger partial charge in [0.1, 0.15) is 0 Å². The average Bonchev–Trinajstić information content (AvgIpc) is 2.19. The summed E-state index contributed by atoms with van der Waals surface area (Å²) in [7, 11) is 0. The van der Waals surface area contributed by atoms with Crippen LogP contribution in [0.25, 0.3) is 0 Å². The monoisotopic (exact) mass is 330 g/mol. The molecule has 5 heteroatoms. The topological polar surface area (TPSA) is 15.3 Å². The lowest BCUT2D eigenvalue weighted by atomic mass is 9.77. The number of nitrogens with one attached hydrogen (secondary N) is 1. The van der Waals surface area contributed by atoms with Crippen LogP contribution in [0.2, 0.25) is 0 Å². The molecule has 2 fully saturated rings. The summed E-state index contributed by atoms with van der Waals surface area (Å²) in [5, 5.41) is 2.79. The molecule has 1 N–H and O–H groups in total. The Bertz CT molecular complexity index is 217. The van der Waals surface area contributed by atoms with Crippen molar-refractivity contribution in [2.24, 2.45) is 11.8 Å². The first-order valence-electron chi connectivity index (χ1n) is 5.59. The van der Waals surface area contributed by atoms with Crippen LogP contribution in [0, 0.1) is 11.8 Å². The molecule has 2 aliphatic rings. The minimum atomic E-state index is -2.49. The van der Waals surface area contributed by atoms with Gasteiger partial charge in [-0.25, -0.2) is 11.9 Å². The molecule has 15 heavy (non-hydrogen) atoms. The molecule has 2 heterocycles. The van der Waals surface area contributed by atoms with E-state index in [4.69, 9.17) is 0 Å². The lowest BCUT2D eigenvalue weighted by Crippen LogP contribution is -2.50. The normalized spacial score (nSPS) is 34.2. The maximum absolute atomic E-state index is 13.7. The van der Waals surface area contributed by atoms with Gasteiger partial charge in [0.2, 0.25) is 0 Å². The summed E-state index contributed by atoms with van der Waals surface area (Å²) in [5.41, 5.74) is 0. The molecule has 0 bridgehead atoms. The molecule has 2 saturated heterocycles. The molecule has 0 saturated carbocycles. The molecule has 1 atom stereocenters. The maximum atomic E-state index is 13.7. The number of alkyl halides is 2. The molecule has 0 aromatic carbocycles. The maximum Gasteiger partial charge on any atom is 0.263 e. The molecule has 2 nitrogen and oxygen atoms in total. The zero-order valence-electron chi connectivity index (χ0n) is 8.69. The first kappa shape index (κ1) is 12.0. The summed E-state index contributed by atoms with van der Waals surface area (Å²) in [4.78, 5) is 0. The lowest BCUT2D eigenvalue weighted by molar-refractivity contribution is -0.100. The molecule has 0 aliphatic carbocycles. The molecule has 1 unspecified atom stereocenters. The zero-order valence-corrected chi connectivity index (χ0v) is 10.8. The van der Waals surface area contributed by atoms with Crippen molar-refractivity contribution in [3.05, 3.63) is 0 Å². The molecule has 0 spiro atoms. The van der Waals surface area contributed by atoms with E-state index in [1.54, 1.807) is 0 Å². The van der Waals surface area contributed by atoms with E-state index in [0.29, 0.717) is 6.42 Å². The van der Waals surface area contributed by atoms with Crippen molar-refractivity contribution < 1.29 is 8.78 Å². The van der Waals surface area contributed by atoms with Gasteiger partial charge >= 0.3 is 0 Å².